The van der Waals surface area contributed by atoms with Crippen LogP contribution < -0.4 is 5.32 Å². The number of amides is 1. The summed E-state index contributed by atoms with van der Waals surface area (Å²) in [6.45, 7) is 1.58. The second-order valence-electron chi connectivity index (χ2n) is 5.48. The molecule has 1 aromatic carbocycles. The third kappa shape index (κ3) is 4.83. The zero-order valence-corrected chi connectivity index (χ0v) is 14.5. The van der Waals surface area contributed by atoms with Crippen molar-refractivity contribution in [3.63, 3.8) is 0 Å². The highest BCUT2D eigenvalue weighted by molar-refractivity contribution is 6.44. The summed E-state index contributed by atoms with van der Waals surface area (Å²) in [7, 11) is 1.32. The Hall–Kier alpha value is -1.30. The van der Waals surface area contributed by atoms with E-state index in [4.69, 9.17) is 27.9 Å². The lowest BCUT2D eigenvalue weighted by Gasteiger charge is -2.33. The van der Waals surface area contributed by atoms with Gasteiger partial charge in [0, 0.05) is 0 Å². The number of likely N-dealkylation sites (tertiary alicyclic amines) is 1. The maximum atomic E-state index is 12.7. The van der Waals surface area contributed by atoms with Crippen molar-refractivity contribution in [1.29, 1.82) is 0 Å². The predicted molar refractivity (Wildman–Crippen MR) is 90.9 cm³/mol. The first kappa shape index (κ1) is 18.0. The lowest BCUT2D eigenvalue weighted by molar-refractivity contribution is -0.144. The highest BCUT2D eigenvalue weighted by Crippen LogP contribution is 2.30. The van der Waals surface area contributed by atoms with Crippen molar-refractivity contribution in [3.05, 3.63) is 28.2 Å². The number of carbonyl (C=O) groups excluding carboxylic acids is 2. The molecule has 2 rings (SSSR count). The highest BCUT2D eigenvalue weighted by Gasteiger charge is 2.30. The summed E-state index contributed by atoms with van der Waals surface area (Å²) >= 11 is 12.1. The number of halogens is 2. The molecule has 1 aliphatic rings. The van der Waals surface area contributed by atoms with Gasteiger partial charge in [-0.1, -0.05) is 35.7 Å². The van der Waals surface area contributed by atoms with Crippen molar-refractivity contribution >= 4 is 40.8 Å². The van der Waals surface area contributed by atoms with Crippen molar-refractivity contribution in [2.24, 2.45) is 0 Å². The average molecular weight is 359 g/mol. The zero-order valence-electron chi connectivity index (χ0n) is 13.0. The first-order chi connectivity index (χ1) is 11.0. The van der Waals surface area contributed by atoms with Gasteiger partial charge < -0.3 is 10.1 Å². The summed E-state index contributed by atoms with van der Waals surface area (Å²) in [6, 6.07) is 4.46. The van der Waals surface area contributed by atoms with Gasteiger partial charge in [0.05, 0.1) is 29.3 Å². The fourth-order valence-electron chi connectivity index (χ4n) is 2.68. The van der Waals surface area contributed by atoms with Crippen molar-refractivity contribution in [2.75, 3.05) is 25.5 Å². The van der Waals surface area contributed by atoms with Crippen LogP contribution in [0.25, 0.3) is 0 Å². The van der Waals surface area contributed by atoms with E-state index in [-0.39, 0.29) is 17.4 Å². The van der Waals surface area contributed by atoms with E-state index in [1.807, 2.05) is 4.90 Å². The summed E-state index contributed by atoms with van der Waals surface area (Å²) in [5.41, 5.74) is 0.441. The van der Waals surface area contributed by atoms with Crippen molar-refractivity contribution in [1.82, 2.24) is 4.90 Å². The van der Waals surface area contributed by atoms with E-state index in [0.29, 0.717) is 10.7 Å². The Labute approximate surface area is 145 Å². The number of benzene rings is 1. The fourth-order valence-corrected chi connectivity index (χ4v) is 3.02. The van der Waals surface area contributed by atoms with Crippen LogP contribution in [0.3, 0.4) is 0 Å². The van der Waals surface area contributed by atoms with Gasteiger partial charge >= 0.3 is 5.97 Å². The first-order valence-corrected chi connectivity index (χ1v) is 8.34. The first-order valence-electron chi connectivity index (χ1n) is 7.58. The summed E-state index contributed by atoms with van der Waals surface area (Å²) in [6.07, 6.45) is 3.19. The van der Waals surface area contributed by atoms with E-state index in [2.05, 4.69) is 5.32 Å². The van der Waals surface area contributed by atoms with Crippen LogP contribution in [0.4, 0.5) is 5.69 Å². The fraction of sp³-hybridized carbons (Fsp3) is 0.500. The smallest absolute Gasteiger partial charge is 0.307 e. The molecule has 7 heteroatoms. The molecule has 1 amide bonds. The number of rotatable bonds is 5. The molecule has 1 saturated heterocycles. The third-order valence-corrected chi connectivity index (χ3v) is 4.75. The molecule has 0 saturated carbocycles. The predicted octanol–water partition coefficient (Wildman–Crippen LogP) is 3.35. The van der Waals surface area contributed by atoms with Gasteiger partial charge in [0.15, 0.2) is 0 Å². The molecule has 1 aliphatic heterocycles. The second kappa shape index (κ2) is 8.52. The minimum Gasteiger partial charge on any atom is -0.469 e. The van der Waals surface area contributed by atoms with E-state index in [1.54, 1.807) is 18.2 Å². The monoisotopic (exact) mass is 358 g/mol. The Morgan fingerprint density at radius 3 is 2.61 bits per heavy atom. The van der Waals surface area contributed by atoms with Gasteiger partial charge in [-0.3, -0.25) is 14.5 Å². The lowest BCUT2D eigenvalue weighted by Crippen LogP contribution is -2.47. The average Bonchev–Trinajstić information content (AvgIpc) is 2.57. The molecule has 23 heavy (non-hydrogen) atoms. The number of hydrogen-bond donors (Lipinski definition) is 1. The van der Waals surface area contributed by atoms with Gasteiger partial charge in [-0.25, -0.2) is 0 Å². The van der Waals surface area contributed by atoms with Gasteiger partial charge in [0.1, 0.15) is 6.04 Å². The minimum atomic E-state index is -0.571. The molecule has 1 aromatic rings. The topological polar surface area (TPSA) is 58.6 Å². The Kier molecular flexibility index (Phi) is 6.69. The third-order valence-electron chi connectivity index (χ3n) is 3.93. The molecule has 1 atom stereocenters. The van der Waals surface area contributed by atoms with Crippen LogP contribution in [0.1, 0.15) is 25.7 Å². The Bertz CT molecular complexity index is 574. The van der Waals surface area contributed by atoms with Crippen LogP contribution in [-0.4, -0.2) is 43.0 Å². The Morgan fingerprint density at radius 1 is 1.26 bits per heavy atom. The molecule has 0 radical (unpaired) electrons. The van der Waals surface area contributed by atoms with E-state index in [1.165, 1.54) is 7.11 Å². The molecule has 1 fully saturated rings. The molecule has 126 valence electrons. The lowest BCUT2D eigenvalue weighted by atomic mass is 10.1. The van der Waals surface area contributed by atoms with Crippen LogP contribution in [0.5, 0.6) is 0 Å². The van der Waals surface area contributed by atoms with Crippen LogP contribution in [0, 0.1) is 0 Å². The number of ether oxygens (including phenoxy) is 1. The van der Waals surface area contributed by atoms with E-state index in [0.717, 1.165) is 32.4 Å². The number of methoxy groups -OCH3 is 1. The molecule has 1 unspecified atom stereocenters. The summed E-state index contributed by atoms with van der Waals surface area (Å²) in [5, 5.41) is 3.43. The molecule has 1 N–H and O–H groups in total. The minimum absolute atomic E-state index is 0.0144. The van der Waals surface area contributed by atoms with Crippen molar-refractivity contribution in [2.45, 2.75) is 31.7 Å². The Balaban J connectivity index is 2.14. The van der Waals surface area contributed by atoms with Crippen LogP contribution in [0.2, 0.25) is 10.0 Å². The van der Waals surface area contributed by atoms with Crippen LogP contribution in [-0.2, 0) is 14.3 Å². The number of anilines is 1. The Morgan fingerprint density at radius 2 is 1.96 bits per heavy atom. The SMILES string of the molecule is COC(=O)CC(C(=O)Nc1cccc(Cl)c1Cl)N1CCCCC1. The number of nitrogens with one attached hydrogen (secondary N) is 1. The second-order valence-corrected chi connectivity index (χ2v) is 6.27. The number of carbonyl (C=O) groups is 2. The van der Waals surface area contributed by atoms with Crippen molar-refractivity contribution < 1.29 is 14.3 Å². The molecular weight excluding hydrogens is 339 g/mol. The van der Waals surface area contributed by atoms with Gasteiger partial charge in [0.2, 0.25) is 5.91 Å². The molecule has 0 aliphatic carbocycles. The van der Waals surface area contributed by atoms with Crippen LogP contribution in [0.15, 0.2) is 18.2 Å². The number of piperidine rings is 1. The molecule has 5 nitrogen and oxygen atoms in total. The largest absolute Gasteiger partial charge is 0.469 e. The molecule has 1 heterocycles. The van der Waals surface area contributed by atoms with E-state index in [9.17, 15) is 9.59 Å². The van der Waals surface area contributed by atoms with E-state index >= 15 is 0 Å². The van der Waals surface area contributed by atoms with Gasteiger partial charge in [0.25, 0.3) is 0 Å². The van der Waals surface area contributed by atoms with E-state index < -0.39 is 12.0 Å². The maximum Gasteiger partial charge on any atom is 0.307 e. The maximum absolute atomic E-state index is 12.7. The van der Waals surface area contributed by atoms with Gasteiger partial charge in [-0.2, -0.15) is 0 Å². The quantitative estimate of drug-likeness (QED) is 0.820. The van der Waals surface area contributed by atoms with Gasteiger partial charge in [-0.15, -0.1) is 0 Å². The van der Waals surface area contributed by atoms with Crippen molar-refractivity contribution in [3.8, 4) is 0 Å². The normalized spacial score (nSPS) is 16.7. The van der Waals surface area contributed by atoms with Gasteiger partial charge in [-0.05, 0) is 38.1 Å². The molecule has 0 bridgehead atoms. The highest BCUT2D eigenvalue weighted by atomic mass is 35.5. The summed E-state index contributed by atoms with van der Waals surface area (Å²) in [5.74, 6) is -0.686. The molecular formula is C16H20Cl2N2O3. The number of esters is 1. The standard InChI is InChI=1S/C16H20Cl2N2O3/c1-23-14(21)10-13(20-8-3-2-4-9-20)16(22)19-12-7-5-6-11(17)15(12)18/h5-7,13H,2-4,8-10H2,1H3,(H,19,22). The molecule has 0 aromatic heterocycles. The number of hydrogen-bond acceptors (Lipinski definition) is 4. The molecule has 0 spiro atoms. The van der Waals surface area contributed by atoms with Crippen LogP contribution >= 0.6 is 23.2 Å². The number of nitrogens with zero attached hydrogens (tertiary/aromatic N) is 1. The summed E-state index contributed by atoms with van der Waals surface area (Å²) in [4.78, 5) is 26.4. The zero-order chi connectivity index (χ0) is 16.8. The summed E-state index contributed by atoms with van der Waals surface area (Å²) < 4.78 is 4.72.